The Labute approximate surface area is 170 Å². The number of esters is 1. The van der Waals surface area contributed by atoms with Crippen LogP contribution in [0.15, 0.2) is 51.9 Å². The number of furan rings is 1. The van der Waals surface area contributed by atoms with Gasteiger partial charge < -0.3 is 13.9 Å². The lowest BCUT2D eigenvalue weighted by molar-refractivity contribution is -0.274. The molecule has 0 bridgehead atoms. The number of fused-ring (bicyclic) bond motifs is 1. The minimum atomic E-state index is -4.81. The minimum Gasteiger partial charge on any atom is -0.463 e. The summed E-state index contributed by atoms with van der Waals surface area (Å²) in [6, 6.07) is 7.78. The smallest absolute Gasteiger partial charge is 0.463 e. The Hall–Kier alpha value is -4.16. The summed E-state index contributed by atoms with van der Waals surface area (Å²) >= 11 is 0. The SMILES string of the molecule is COC(=O)c1ccc(Cn2cnc3c(nnn3-c3ccc(OC(F)(F)F)cc3)c2=O)o1. The molecule has 31 heavy (non-hydrogen) atoms. The molecular formula is C18H12F3N5O5. The maximum atomic E-state index is 12.7. The molecule has 0 unspecified atom stereocenters. The number of aromatic nitrogens is 5. The zero-order valence-corrected chi connectivity index (χ0v) is 15.7. The molecule has 0 spiro atoms. The van der Waals surface area contributed by atoms with Crippen molar-refractivity contribution in [1.29, 1.82) is 0 Å². The second-order valence-electron chi connectivity index (χ2n) is 6.15. The zero-order valence-electron chi connectivity index (χ0n) is 15.7. The number of alkyl halides is 3. The summed E-state index contributed by atoms with van der Waals surface area (Å²) < 4.78 is 53.0. The van der Waals surface area contributed by atoms with Crippen LogP contribution in [0.25, 0.3) is 16.9 Å². The lowest BCUT2D eigenvalue weighted by Gasteiger charge is -2.09. The number of carbonyl (C=O) groups is 1. The first-order valence-electron chi connectivity index (χ1n) is 8.59. The topological polar surface area (TPSA) is 114 Å². The number of rotatable bonds is 5. The molecule has 0 radical (unpaired) electrons. The molecule has 0 aliphatic rings. The molecule has 0 aliphatic heterocycles. The van der Waals surface area contributed by atoms with E-state index in [1.54, 1.807) is 0 Å². The predicted molar refractivity (Wildman–Crippen MR) is 96.8 cm³/mol. The van der Waals surface area contributed by atoms with E-state index in [9.17, 15) is 22.8 Å². The molecule has 3 aromatic heterocycles. The van der Waals surface area contributed by atoms with E-state index in [4.69, 9.17) is 4.42 Å². The van der Waals surface area contributed by atoms with Crippen molar-refractivity contribution in [2.75, 3.05) is 7.11 Å². The van der Waals surface area contributed by atoms with Crippen LogP contribution in [0.5, 0.6) is 5.75 Å². The van der Waals surface area contributed by atoms with Crippen LogP contribution in [-0.4, -0.2) is 44.0 Å². The number of hydrogen-bond donors (Lipinski definition) is 0. The van der Waals surface area contributed by atoms with Crippen LogP contribution < -0.4 is 10.3 Å². The highest BCUT2D eigenvalue weighted by Gasteiger charge is 2.31. The van der Waals surface area contributed by atoms with Crippen molar-refractivity contribution in [2.24, 2.45) is 0 Å². The molecule has 0 fully saturated rings. The molecule has 4 aromatic rings. The number of halogens is 3. The van der Waals surface area contributed by atoms with E-state index < -0.39 is 23.6 Å². The third kappa shape index (κ3) is 4.10. The van der Waals surface area contributed by atoms with Crippen molar-refractivity contribution in [3.05, 3.63) is 64.6 Å². The Bertz CT molecular complexity index is 1310. The van der Waals surface area contributed by atoms with E-state index in [2.05, 4.69) is 24.8 Å². The van der Waals surface area contributed by atoms with Crippen LogP contribution in [0.3, 0.4) is 0 Å². The van der Waals surface area contributed by atoms with Gasteiger partial charge in [0, 0.05) is 0 Å². The molecule has 0 saturated carbocycles. The van der Waals surface area contributed by atoms with Gasteiger partial charge in [-0.2, -0.15) is 4.68 Å². The van der Waals surface area contributed by atoms with Gasteiger partial charge in [-0.25, -0.2) is 9.78 Å². The van der Waals surface area contributed by atoms with Crippen molar-refractivity contribution < 1.29 is 31.9 Å². The van der Waals surface area contributed by atoms with Crippen molar-refractivity contribution in [3.8, 4) is 11.4 Å². The third-order valence-electron chi connectivity index (χ3n) is 4.12. The molecule has 0 aliphatic carbocycles. The van der Waals surface area contributed by atoms with Gasteiger partial charge in [-0.1, -0.05) is 5.21 Å². The maximum absolute atomic E-state index is 12.7. The third-order valence-corrected chi connectivity index (χ3v) is 4.12. The maximum Gasteiger partial charge on any atom is 0.573 e. The summed E-state index contributed by atoms with van der Waals surface area (Å²) in [7, 11) is 1.22. The molecule has 0 atom stereocenters. The van der Waals surface area contributed by atoms with Gasteiger partial charge >= 0.3 is 12.3 Å². The van der Waals surface area contributed by atoms with Gasteiger partial charge in [0.25, 0.3) is 5.56 Å². The van der Waals surface area contributed by atoms with Gasteiger partial charge in [-0.3, -0.25) is 9.36 Å². The van der Waals surface area contributed by atoms with Crippen LogP contribution in [-0.2, 0) is 11.3 Å². The van der Waals surface area contributed by atoms with E-state index >= 15 is 0 Å². The first kappa shape index (κ1) is 20.1. The second kappa shape index (κ2) is 7.59. The fourth-order valence-electron chi connectivity index (χ4n) is 2.76. The summed E-state index contributed by atoms with van der Waals surface area (Å²) in [6.07, 6.45) is -3.56. The van der Waals surface area contributed by atoms with Gasteiger partial charge in [-0.15, -0.1) is 18.3 Å². The Kier molecular flexibility index (Phi) is 4.93. The largest absolute Gasteiger partial charge is 0.573 e. The molecular weight excluding hydrogens is 423 g/mol. The Morgan fingerprint density at radius 3 is 2.58 bits per heavy atom. The van der Waals surface area contributed by atoms with Gasteiger partial charge in [-0.05, 0) is 36.4 Å². The molecule has 0 amide bonds. The fourth-order valence-corrected chi connectivity index (χ4v) is 2.76. The molecule has 0 saturated heterocycles. The summed E-state index contributed by atoms with van der Waals surface area (Å²) in [5.74, 6) is -0.748. The van der Waals surface area contributed by atoms with Crippen LogP contribution in [0.4, 0.5) is 13.2 Å². The molecule has 10 nitrogen and oxygen atoms in total. The normalized spacial score (nSPS) is 11.6. The Balaban J connectivity index is 1.61. The van der Waals surface area contributed by atoms with Crippen molar-refractivity contribution in [3.63, 3.8) is 0 Å². The van der Waals surface area contributed by atoms with Gasteiger partial charge in [0.1, 0.15) is 17.8 Å². The van der Waals surface area contributed by atoms with E-state index in [0.29, 0.717) is 11.4 Å². The highest BCUT2D eigenvalue weighted by atomic mass is 19.4. The summed E-state index contributed by atoms with van der Waals surface area (Å²) in [5.41, 5.74) is -0.141. The first-order valence-corrected chi connectivity index (χ1v) is 8.59. The van der Waals surface area contributed by atoms with Crippen molar-refractivity contribution >= 4 is 17.1 Å². The van der Waals surface area contributed by atoms with Crippen LogP contribution >= 0.6 is 0 Å². The van der Waals surface area contributed by atoms with E-state index in [1.807, 2.05) is 0 Å². The molecule has 13 heteroatoms. The van der Waals surface area contributed by atoms with Crippen molar-refractivity contribution in [1.82, 2.24) is 24.5 Å². The average Bonchev–Trinajstić information content (AvgIpc) is 3.36. The lowest BCUT2D eigenvalue weighted by Crippen LogP contribution is -2.21. The number of benzene rings is 1. The first-order chi connectivity index (χ1) is 14.7. The number of hydrogen-bond acceptors (Lipinski definition) is 8. The monoisotopic (exact) mass is 435 g/mol. The van der Waals surface area contributed by atoms with E-state index in [1.165, 1.54) is 47.0 Å². The Morgan fingerprint density at radius 1 is 1.16 bits per heavy atom. The fraction of sp³-hybridized carbons (Fsp3) is 0.167. The molecule has 1 aromatic carbocycles. The molecule has 160 valence electrons. The van der Waals surface area contributed by atoms with E-state index in [0.717, 1.165) is 12.1 Å². The van der Waals surface area contributed by atoms with Crippen molar-refractivity contribution in [2.45, 2.75) is 12.9 Å². The molecule has 4 rings (SSSR count). The number of methoxy groups -OCH3 is 1. The standard InChI is InChI=1S/C18H12F3N5O5/c1-29-17(28)13-7-6-12(30-13)8-25-9-22-15-14(16(25)27)23-24-26(15)10-2-4-11(5-3-10)31-18(19,20)21/h2-7,9H,8H2,1H3. The lowest BCUT2D eigenvalue weighted by atomic mass is 10.3. The van der Waals surface area contributed by atoms with Crippen LogP contribution in [0.1, 0.15) is 16.3 Å². The summed E-state index contributed by atoms with van der Waals surface area (Å²) in [6.45, 7) is -0.0187. The Morgan fingerprint density at radius 2 is 1.90 bits per heavy atom. The number of nitrogens with zero attached hydrogens (tertiary/aromatic N) is 5. The van der Waals surface area contributed by atoms with Gasteiger partial charge in [0.15, 0.2) is 11.2 Å². The summed E-state index contributed by atoms with van der Waals surface area (Å²) in [4.78, 5) is 28.4. The zero-order chi connectivity index (χ0) is 22.2. The van der Waals surface area contributed by atoms with Gasteiger partial charge in [0.2, 0.25) is 5.76 Å². The highest BCUT2D eigenvalue weighted by Crippen LogP contribution is 2.24. The summed E-state index contributed by atoms with van der Waals surface area (Å²) in [5, 5.41) is 7.69. The second-order valence-corrected chi connectivity index (χ2v) is 6.15. The predicted octanol–water partition coefficient (Wildman–Crippen LogP) is 2.30. The average molecular weight is 435 g/mol. The van der Waals surface area contributed by atoms with Gasteiger partial charge in [0.05, 0.1) is 19.3 Å². The number of ether oxygens (including phenoxy) is 2. The van der Waals surface area contributed by atoms with Crippen LogP contribution in [0, 0.1) is 0 Å². The number of carbonyl (C=O) groups excluding carboxylic acids is 1. The molecule has 0 N–H and O–H groups in total. The quantitative estimate of drug-likeness (QED) is 0.439. The molecule has 3 heterocycles. The van der Waals surface area contributed by atoms with Crippen LogP contribution in [0.2, 0.25) is 0 Å². The highest BCUT2D eigenvalue weighted by molar-refractivity contribution is 5.86. The van der Waals surface area contributed by atoms with E-state index in [-0.39, 0.29) is 23.5 Å². The minimum absolute atomic E-state index is 0.0107.